The number of rotatable bonds is 6. The minimum absolute atomic E-state index is 0.148. The highest BCUT2D eigenvalue weighted by molar-refractivity contribution is 7.17. The van der Waals surface area contributed by atoms with Gasteiger partial charge in [-0.2, -0.15) is 0 Å². The molecule has 0 spiro atoms. The largest absolute Gasteiger partial charge is 0.483 e. The fraction of sp³-hybridized carbons (Fsp3) is 0.308. The molecule has 0 radical (unpaired) electrons. The molecule has 2 aromatic carbocycles. The van der Waals surface area contributed by atoms with Gasteiger partial charge in [-0.15, -0.1) is 11.3 Å². The van der Waals surface area contributed by atoms with Crippen LogP contribution in [0.4, 0.5) is 9.39 Å². The van der Waals surface area contributed by atoms with E-state index in [0.29, 0.717) is 21.9 Å². The van der Waals surface area contributed by atoms with Crippen LogP contribution in [0.5, 0.6) is 5.75 Å². The quantitative estimate of drug-likeness (QED) is 0.432. The van der Waals surface area contributed by atoms with E-state index in [1.165, 1.54) is 30.6 Å². The molecule has 1 aromatic heterocycles. The summed E-state index contributed by atoms with van der Waals surface area (Å²) in [7, 11) is 1.28. The smallest absolute Gasteiger partial charge is 0.341 e. The lowest BCUT2D eigenvalue weighted by atomic mass is 9.85. The lowest BCUT2D eigenvalue weighted by Gasteiger charge is -2.23. The zero-order valence-corrected chi connectivity index (χ0v) is 20.5. The van der Waals surface area contributed by atoms with Gasteiger partial charge in [0.15, 0.2) is 6.61 Å². The second-order valence-electron chi connectivity index (χ2n) is 8.82. The number of esters is 1. The molecule has 0 fully saturated rings. The van der Waals surface area contributed by atoms with Gasteiger partial charge in [-0.3, -0.25) is 4.79 Å². The number of methoxy groups -OCH3 is 1. The Morgan fingerprint density at radius 1 is 1.06 bits per heavy atom. The molecule has 1 amide bonds. The Morgan fingerprint density at radius 2 is 1.73 bits per heavy atom. The van der Waals surface area contributed by atoms with Crippen LogP contribution in [0.15, 0.2) is 42.5 Å². The van der Waals surface area contributed by atoms with Crippen LogP contribution in [0, 0.1) is 19.7 Å². The summed E-state index contributed by atoms with van der Waals surface area (Å²) in [6, 6.07) is 11.7. The van der Waals surface area contributed by atoms with Crippen LogP contribution in [0.2, 0.25) is 0 Å². The zero-order chi connectivity index (χ0) is 24.3. The maximum Gasteiger partial charge on any atom is 0.341 e. The molecule has 33 heavy (non-hydrogen) atoms. The Morgan fingerprint density at radius 3 is 2.33 bits per heavy atom. The third-order valence-corrected chi connectivity index (χ3v) is 6.18. The molecule has 0 aliphatic heterocycles. The fourth-order valence-electron chi connectivity index (χ4n) is 3.56. The lowest BCUT2D eigenvalue weighted by molar-refractivity contribution is -0.118. The van der Waals surface area contributed by atoms with E-state index in [9.17, 15) is 14.0 Å². The van der Waals surface area contributed by atoms with Crippen molar-refractivity contribution < 1.29 is 23.5 Å². The number of hydrogen-bond donors (Lipinski definition) is 1. The van der Waals surface area contributed by atoms with Gasteiger partial charge in [-0.1, -0.05) is 50.6 Å². The van der Waals surface area contributed by atoms with Crippen LogP contribution in [-0.4, -0.2) is 25.6 Å². The first kappa shape index (κ1) is 24.5. The summed E-state index contributed by atoms with van der Waals surface area (Å²) < 4.78 is 24.2. The molecule has 3 rings (SSSR count). The number of halogens is 1. The van der Waals surface area contributed by atoms with Crippen molar-refractivity contribution in [2.45, 2.75) is 40.0 Å². The van der Waals surface area contributed by atoms with E-state index in [1.54, 1.807) is 12.1 Å². The van der Waals surface area contributed by atoms with Gasteiger partial charge in [0.2, 0.25) is 0 Å². The highest BCUT2D eigenvalue weighted by Crippen LogP contribution is 2.40. The minimum atomic E-state index is -0.580. The average Bonchev–Trinajstić information content (AvgIpc) is 3.07. The monoisotopic (exact) mass is 469 g/mol. The standard InChI is InChI=1S/C26H28FNO4S/c1-15-7-12-20(19(13-15)26(3,4)5)32-14-21(29)28-24-23(25(30)31-6)22(16(2)33-24)17-8-10-18(27)11-9-17/h7-13H,14H2,1-6H3,(H,28,29). The van der Waals surface area contributed by atoms with Crippen molar-refractivity contribution in [3.63, 3.8) is 0 Å². The van der Waals surface area contributed by atoms with Crippen LogP contribution in [0.1, 0.15) is 47.1 Å². The molecule has 7 heteroatoms. The number of thiophene rings is 1. The second-order valence-corrected chi connectivity index (χ2v) is 10.0. The molecule has 3 aromatic rings. The van der Waals surface area contributed by atoms with Crippen molar-refractivity contribution in [1.29, 1.82) is 0 Å². The van der Waals surface area contributed by atoms with E-state index in [2.05, 4.69) is 32.2 Å². The topological polar surface area (TPSA) is 64.6 Å². The number of aryl methyl sites for hydroxylation is 2. The number of amides is 1. The summed E-state index contributed by atoms with van der Waals surface area (Å²) in [4.78, 5) is 26.1. The Balaban J connectivity index is 1.85. The maximum absolute atomic E-state index is 13.4. The van der Waals surface area contributed by atoms with Crippen LogP contribution < -0.4 is 10.1 Å². The third-order valence-electron chi connectivity index (χ3n) is 5.16. The molecule has 174 valence electrons. The Kier molecular flexibility index (Phi) is 7.22. The average molecular weight is 470 g/mol. The van der Waals surface area contributed by atoms with Crippen molar-refractivity contribution in [2.75, 3.05) is 19.0 Å². The zero-order valence-electron chi connectivity index (χ0n) is 19.7. The summed E-state index contributed by atoms with van der Waals surface area (Å²) in [5.41, 5.74) is 3.49. The predicted molar refractivity (Wildman–Crippen MR) is 130 cm³/mol. The van der Waals surface area contributed by atoms with Gasteiger partial charge < -0.3 is 14.8 Å². The van der Waals surface area contributed by atoms with Crippen molar-refractivity contribution in [3.8, 4) is 16.9 Å². The first-order valence-corrected chi connectivity index (χ1v) is 11.3. The Hall–Kier alpha value is -3.19. The number of anilines is 1. The third kappa shape index (κ3) is 5.60. The van der Waals surface area contributed by atoms with E-state index >= 15 is 0 Å². The SMILES string of the molecule is COC(=O)c1c(NC(=O)COc2ccc(C)cc2C(C)(C)C)sc(C)c1-c1ccc(F)cc1. The van der Waals surface area contributed by atoms with Crippen LogP contribution >= 0.6 is 11.3 Å². The second kappa shape index (κ2) is 9.75. The van der Waals surface area contributed by atoms with E-state index in [0.717, 1.165) is 16.0 Å². The van der Waals surface area contributed by atoms with Crippen molar-refractivity contribution in [3.05, 3.63) is 69.8 Å². The van der Waals surface area contributed by atoms with E-state index in [-0.39, 0.29) is 23.4 Å². The van der Waals surface area contributed by atoms with Crippen molar-refractivity contribution in [1.82, 2.24) is 0 Å². The van der Waals surface area contributed by atoms with Gasteiger partial charge in [0.25, 0.3) is 5.91 Å². The molecule has 0 saturated carbocycles. The molecular formula is C26H28FNO4S. The summed E-state index contributed by atoms with van der Waals surface area (Å²) in [5.74, 6) is -0.704. The van der Waals surface area contributed by atoms with Gasteiger partial charge in [-0.25, -0.2) is 9.18 Å². The molecule has 0 aliphatic rings. The predicted octanol–water partition coefficient (Wildman–Crippen LogP) is 6.27. The van der Waals surface area contributed by atoms with Crippen molar-refractivity contribution >= 4 is 28.2 Å². The highest BCUT2D eigenvalue weighted by atomic mass is 32.1. The maximum atomic E-state index is 13.4. The molecule has 0 bridgehead atoms. The summed E-state index contributed by atoms with van der Waals surface area (Å²) >= 11 is 1.26. The van der Waals surface area contributed by atoms with Crippen LogP contribution in [0.3, 0.4) is 0 Å². The molecule has 5 nitrogen and oxygen atoms in total. The lowest BCUT2D eigenvalue weighted by Crippen LogP contribution is -2.22. The first-order chi connectivity index (χ1) is 15.5. The number of ether oxygens (including phenoxy) is 2. The first-order valence-electron chi connectivity index (χ1n) is 10.5. The van der Waals surface area contributed by atoms with Gasteiger partial charge in [0, 0.05) is 10.4 Å². The molecule has 0 saturated heterocycles. The van der Waals surface area contributed by atoms with E-state index in [4.69, 9.17) is 9.47 Å². The van der Waals surface area contributed by atoms with E-state index < -0.39 is 11.9 Å². The minimum Gasteiger partial charge on any atom is -0.483 e. The Bertz CT molecular complexity index is 1180. The van der Waals surface area contributed by atoms with Crippen LogP contribution in [-0.2, 0) is 14.9 Å². The highest BCUT2D eigenvalue weighted by Gasteiger charge is 2.26. The normalized spacial score (nSPS) is 11.2. The van der Waals surface area contributed by atoms with Gasteiger partial charge in [0.1, 0.15) is 22.1 Å². The fourth-order valence-corrected chi connectivity index (χ4v) is 4.64. The molecule has 1 N–H and O–H groups in total. The number of hydrogen-bond acceptors (Lipinski definition) is 5. The molecule has 0 aliphatic carbocycles. The summed E-state index contributed by atoms with van der Waals surface area (Å²) in [6.45, 7) is 9.89. The number of carbonyl (C=O) groups excluding carboxylic acids is 2. The molecule has 0 atom stereocenters. The van der Waals surface area contributed by atoms with Gasteiger partial charge in [-0.05, 0) is 48.6 Å². The molecule has 1 heterocycles. The number of benzene rings is 2. The van der Waals surface area contributed by atoms with Gasteiger partial charge in [0.05, 0.1) is 7.11 Å². The van der Waals surface area contributed by atoms with E-state index in [1.807, 2.05) is 26.0 Å². The van der Waals surface area contributed by atoms with Crippen LogP contribution in [0.25, 0.3) is 11.1 Å². The van der Waals surface area contributed by atoms with Gasteiger partial charge >= 0.3 is 5.97 Å². The summed E-state index contributed by atoms with van der Waals surface area (Å²) in [6.07, 6.45) is 0. The Labute approximate surface area is 197 Å². The molecular weight excluding hydrogens is 441 g/mol. The number of nitrogens with one attached hydrogen (secondary N) is 1. The summed E-state index contributed by atoms with van der Waals surface area (Å²) in [5, 5.41) is 3.16. The molecule has 0 unspecified atom stereocenters. The van der Waals surface area contributed by atoms with Crippen molar-refractivity contribution in [2.24, 2.45) is 0 Å². The number of carbonyl (C=O) groups is 2.